The van der Waals surface area contributed by atoms with Gasteiger partial charge in [0.05, 0.1) is 11.2 Å². The fourth-order valence-electron chi connectivity index (χ4n) is 3.00. The van der Waals surface area contributed by atoms with Crippen molar-refractivity contribution in [2.45, 2.75) is 6.92 Å². The third kappa shape index (κ3) is 2.65. The minimum absolute atomic E-state index is 0.381. The van der Waals surface area contributed by atoms with Crippen LogP contribution in [0.5, 0.6) is 0 Å². The van der Waals surface area contributed by atoms with Crippen molar-refractivity contribution in [2.75, 3.05) is 5.73 Å². The van der Waals surface area contributed by atoms with Crippen molar-refractivity contribution in [2.24, 2.45) is 0 Å². The quantitative estimate of drug-likeness (QED) is 0.578. The second-order valence-electron chi connectivity index (χ2n) is 5.97. The Morgan fingerprint density at radius 3 is 2.54 bits per heavy atom. The summed E-state index contributed by atoms with van der Waals surface area (Å²) in [6.45, 7) is 1.72. The van der Waals surface area contributed by atoms with Crippen molar-refractivity contribution in [3.63, 3.8) is 0 Å². The lowest BCUT2D eigenvalue weighted by Gasteiger charge is -2.12. The predicted molar refractivity (Wildman–Crippen MR) is 97.3 cm³/mol. The third-order valence-electron chi connectivity index (χ3n) is 4.31. The molecule has 0 aliphatic rings. The lowest BCUT2D eigenvalue weighted by molar-refractivity contribution is 0.508. The van der Waals surface area contributed by atoms with Crippen molar-refractivity contribution in [3.05, 3.63) is 72.2 Å². The number of anilines is 1. The van der Waals surface area contributed by atoms with E-state index in [4.69, 9.17) is 5.73 Å². The number of pyridine rings is 1. The van der Waals surface area contributed by atoms with Crippen LogP contribution in [-0.2, 0) is 0 Å². The third-order valence-corrected chi connectivity index (χ3v) is 4.31. The minimum Gasteiger partial charge on any atom is -0.383 e. The lowest BCUT2D eigenvalue weighted by Crippen LogP contribution is -1.96. The van der Waals surface area contributed by atoms with Gasteiger partial charge in [0, 0.05) is 22.7 Å². The molecule has 0 saturated heterocycles. The van der Waals surface area contributed by atoms with Crippen LogP contribution >= 0.6 is 0 Å². The molecule has 0 spiro atoms. The molecule has 4 nitrogen and oxygen atoms in total. The number of hydrogen-bond donors (Lipinski definition) is 1. The first-order valence-electron chi connectivity index (χ1n) is 7.96. The van der Waals surface area contributed by atoms with Crippen LogP contribution in [-0.4, -0.2) is 15.0 Å². The maximum atomic E-state index is 13.8. The monoisotopic (exact) mass is 348 g/mol. The van der Waals surface area contributed by atoms with E-state index in [1.54, 1.807) is 19.2 Å². The Morgan fingerprint density at radius 1 is 0.885 bits per heavy atom. The van der Waals surface area contributed by atoms with Gasteiger partial charge in [-0.3, -0.25) is 4.98 Å². The predicted octanol–water partition coefficient (Wildman–Crippen LogP) is 4.53. The molecule has 26 heavy (non-hydrogen) atoms. The van der Waals surface area contributed by atoms with Gasteiger partial charge in [-0.2, -0.15) is 0 Å². The van der Waals surface area contributed by atoms with E-state index < -0.39 is 11.6 Å². The van der Waals surface area contributed by atoms with Gasteiger partial charge in [0.1, 0.15) is 12.1 Å². The van der Waals surface area contributed by atoms with Crippen LogP contribution in [0.15, 0.2) is 55.0 Å². The number of nitrogens with two attached hydrogens (primary N) is 1. The summed E-state index contributed by atoms with van der Waals surface area (Å²) in [7, 11) is 0. The van der Waals surface area contributed by atoms with E-state index in [2.05, 4.69) is 15.0 Å². The fraction of sp³-hybridized carbons (Fsp3) is 0.0500. The van der Waals surface area contributed by atoms with Gasteiger partial charge in [0.15, 0.2) is 11.6 Å². The van der Waals surface area contributed by atoms with E-state index in [9.17, 15) is 8.78 Å². The average molecular weight is 348 g/mol. The van der Waals surface area contributed by atoms with Crippen LogP contribution in [0.3, 0.4) is 0 Å². The smallest absolute Gasteiger partial charge is 0.159 e. The van der Waals surface area contributed by atoms with Gasteiger partial charge in [0.25, 0.3) is 0 Å². The molecule has 2 aromatic carbocycles. The van der Waals surface area contributed by atoms with E-state index in [0.717, 1.165) is 22.0 Å². The van der Waals surface area contributed by atoms with Gasteiger partial charge in [-0.15, -0.1) is 0 Å². The topological polar surface area (TPSA) is 64.7 Å². The van der Waals surface area contributed by atoms with Crippen molar-refractivity contribution in [3.8, 4) is 22.4 Å². The standard InChI is InChI=1S/C20H14F2N4/c1-11-7-16(21)17(22)9-14(11)19-13(3-2-6-24-19)12-4-5-18-15(8-12)20(23)26-10-25-18/h2-10H,1H3,(H2,23,25,26). The number of aryl methyl sites for hydroxylation is 1. The van der Waals surface area contributed by atoms with Crippen LogP contribution in [0, 0.1) is 18.6 Å². The fourth-order valence-corrected chi connectivity index (χ4v) is 3.00. The Labute approximate surface area is 148 Å². The molecule has 0 aliphatic heterocycles. The lowest BCUT2D eigenvalue weighted by atomic mass is 9.95. The molecule has 128 valence electrons. The zero-order valence-corrected chi connectivity index (χ0v) is 13.9. The molecule has 2 N–H and O–H groups in total. The Balaban J connectivity index is 1.95. The number of hydrogen-bond acceptors (Lipinski definition) is 4. The second-order valence-corrected chi connectivity index (χ2v) is 5.97. The van der Waals surface area contributed by atoms with Crippen molar-refractivity contribution in [1.29, 1.82) is 0 Å². The summed E-state index contributed by atoms with van der Waals surface area (Å²) in [6, 6.07) is 11.6. The van der Waals surface area contributed by atoms with E-state index >= 15 is 0 Å². The highest BCUT2D eigenvalue weighted by Gasteiger charge is 2.15. The van der Waals surface area contributed by atoms with Crippen molar-refractivity contribution < 1.29 is 8.78 Å². The zero-order valence-electron chi connectivity index (χ0n) is 13.9. The number of benzene rings is 2. The Morgan fingerprint density at radius 2 is 1.69 bits per heavy atom. The first-order valence-corrected chi connectivity index (χ1v) is 7.96. The largest absolute Gasteiger partial charge is 0.383 e. The Hall–Kier alpha value is -3.41. The summed E-state index contributed by atoms with van der Waals surface area (Å²) in [5.41, 5.74) is 10.0. The Bertz CT molecular complexity index is 1140. The van der Waals surface area contributed by atoms with Gasteiger partial charge in [0.2, 0.25) is 0 Å². The molecule has 2 aromatic heterocycles. The maximum Gasteiger partial charge on any atom is 0.159 e. The molecule has 0 saturated carbocycles. The van der Waals surface area contributed by atoms with Gasteiger partial charge >= 0.3 is 0 Å². The van der Waals surface area contributed by atoms with Crippen LogP contribution in [0.4, 0.5) is 14.6 Å². The molecule has 6 heteroatoms. The highest BCUT2D eigenvalue weighted by Crippen LogP contribution is 2.34. The number of nitrogen functional groups attached to an aromatic ring is 1. The maximum absolute atomic E-state index is 13.8. The Kier molecular flexibility index (Phi) is 3.80. The normalized spacial score (nSPS) is 11.0. The summed E-state index contributed by atoms with van der Waals surface area (Å²) in [5, 5.41) is 0.724. The second kappa shape index (κ2) is 6.15. The van der Waals surface area contributed by atoms with Crippen molar-refractivity contribution >= 4 is 16.7 Å². The summed E-state index contributed by atoms with van der Waals surface area (Å²) >= 11 is 0. The molecular weight excluding hydrogens is 334 g/mol. The highest BCUT2D eigenvalue weighted by atomic mass is 19.2. The number of aromatic nitrogens is 3. The van der Waals surface area contributed by atoms with Gasteiger partial charge in [-0.05, 0) is 48.4 Å². The summed E-state index contributed by atoms with van der Waals surface area (Å²) < 4.78 is 27.3. The first-order chi connectivity index (χ1) is 12.5. The number of fused-ring (bicyclic) bond motifs is 1. The number of rotatable bonds is 2. The summed E-state index contributed by atoms with van der Waals surface area (Å²) in [6.07, 6.45) is 3.04. The molecule has 0 amide bonds. The molecular formula is C20H14F2N4. The van der Waals surface area contributed by atoms with Crippen LogP contribution < -0.4 is 5.73 Å². The zero-order chi connectivity index (χ0) is 18.3. The molecule has 0 fully saturated rings. The highest BCUT2D eigenvalue weighted by molar-refractivity contribution is 5.93. The van der Waals surface area contributed by atoms with E-state index in [1.165, 1.54) is 18.5 Å². The molecule has 0 radical (unpaired) electrons. The molecule has 0 unspecified atom stereocenters. The first kappa shape index (κ1) is 16.1. The SMILES string of the molecule is Cc1cc(F)c(F)cc1-c1ncccc1-c1ccc2ncnc(N)c2c1. The van der Waals surface area contributed by atoms with E-state index in [-0.39, 0.29) is 0 Å². The average Bonchev–Trinajstić information content (AvgIpc) is 2.65. The number of halogens is 2. The molecule has 2 heterocycles. The minimum atomic E-state index is -0.904. The summed E-state index contributed by atoms with van der Waals surface area (Å²) in [4.78, 5) is 12.6. The van der Waals surface area contributed by atoms with Gasteiger partial charge in [-0.25, -0.2) is 18.7 Å². The molecule has 4 rings (SSSR count). The molecule has 0 atom stereocenters. The van der Waals surface area contributed by atoms with E-state index in [0.29, 0.717) is 22.6 Å². The molecule has 0 bridgehead atoms. The van der Waals surface area contributed by atoms with Crippen LogP contribution in [0.25, 0.3) is 33.3 Å². The van der Waals surface area contributed by atoms with Crippen LogP contribution in [0.2, 0.25) is 0 Å². The van der Waals surface area contributed by atoms with Gasteiger partial charge < -0.3 is 5.73 Å². The number of nitrogens with zero attached hydrogens (tertiary/aromatic N) is 3. The van der Waals surface area contributed by atoms with E-state index in [1.807, 2.05) is 24.3 Å². The summed E-state index contributed by atoms with van der Waals surface area (Å²) in [5.74, 6) is -1.40. The van der Waals surface area contributed by atoms with Crippen molar-refractivity contribution in [1.82, 2.24) is 15.0 Å². The van der Waals surface area contributed by atoms with Crippen LogP contribution in [0.1, 0.15) is 5.56 Å². The van der Waals surface area contributed by atoms with Gasteiger partial charge in [-0.1, -0.05) is 12.1 Å². The molecule has 4 aromatic rings. The molecule has 0 aliphatic carbocycles.